The highest BCUT2D eigenvalue weighted by atomic mass is 16.5. The maximum atomic E-state index is 8.90. The van der Waals surface area contributed by atoms with Crippen LogP contribution in [-0.4, -0.2) is 34.4 Å². The minimum atomic E-state index is -0.312. The van der Waals surface area contributed by atoms with E-state index in [2.05, 4.69) is 15.5 Å². The van der Waals surface area contributed by atoms with Gasteiger partial charge in [0.2, 0.25) is 5.89 Å². The number of aromatic nitrogens is 2. The van der Waals surface area contributed by atoms with Crippen LogP contribution in [0, 0.1) is 0 Å². The molecule has 1 atom stereocenters. The lowest BCUT2D eigenvalue weighted by atomic mass is 10.4. The van der Waals surface area contributed by atoms with Gasteiger partial charge in [-0.2, -0.15) is 4.98 Å². The zero-order valence-electron chi connectivity index (χ0n) is 7.03. The van der Waals surface area contributed by atoms with Crippen molar-refractivity contribution < 1.29 is 9.63 Å². The van der Waals surface area contributed by atoms with E-state index in [0.717, 1.165) is 6.54 Å². The second-order valence-corrected chi connectivity index (χ2v) is 2.64. The van der Waals surface area contributed by atoms with Gasteiger partial charge in [-0.25, -0.2) is 0 Å². The van der Waals surface area contributed by atoms with Gasteiger partial charge < -0.3 is 14.9 Å². The first kappa shape index (κ1) is 9.15. The Morgan fingerprint density at radius 1 is 1.75 bits per heavy atom. The number of hydrogen-bond donors (Lipinski definition) is 2. The molecule has 5 nitrogen and oxygen atoms in total. The highest BCUT2D eigenvalue weighted by Crippen LogP contribution is 1.90. The molecule has 0 amide bonds. The van der Waals surface area contributed by atoms with E-state index in [0.29, 0.717) is 18.9 Å². The van der Waals surface area contributed by atoms with E-state index in [4.69, 9.17) is 9.63 Å². The summed E-state index contributed by atoms with van der Waals surface area (Å²) in [5.74, 6) is 0.619. The van der Waals surface area contributed by atoms with Crippen molar-refractivity contribution >= 4 is 0 Å². The van der Waals surface area contributed by atoms with Crippen LogP contribution in [0.1, 0.15) is 12.8 Å². The summed E-state index contributed by atoms with van der Waals surface area (Å²) in [6.45, 7) is 3.07. The Morgan fingerprint density at radius 2 is 2.58 bits per heavy atom. The lowest BCUT2D eigenvalue weighted by Crippen LogP contribution is -2.26. The van der Waals surface area contributed by atoms with Crippen molar-refractivity contribution in [3.05, 3.63) is 12.2 Å². The third kappa shape index (κ3) is 3.45. The smallest absolute Gasteiger partial charge is 0.227 e. The Bertz CT molecular complexity index is 198. The average Bonchev–Trinajstić information content (AvgIpc) is 2.49. The predicted octanol–water partition coefficient (Wildman–Crippen LogP) is -0.418. The molecule has 0 aliphatic carbocycles. The summed E-state index contributed by atoms with van der Waals surface area (Å²) in [7, 11) is 0. The second kappa shape index (κ2) is 4.84. The lowest BCUT2D eigenvalue weighted by molar-refractivity contribution is 0.191. The van der Waals surface area contributed by atoms with Crippen molar-refractivity contribution in [3.8, 4) is 0 Å². The van der Waals surface area contributed by atoms with Gasteiger partial charge in [0, 0.05) is 19.5 Å². The highest BCUT2D eigenvalue weighted by Gasteiger charge is 1.98. The van der Waals surface area contributed by atoms with Gasteiger partial charge in [-0.3, -0.25) is 0 Å². The van der Waals surface area contributed by atoms with Gasteiger partial charge in [0.05, 0.1) is 6.10 Å². The van der Waals surface area contributed by atoms with Crippen LogP contribution in [0.3, 0.4) is 0 Å². The minimum absolute atomic E-state index is 0.312. The number of hydrogen-bond acceptors (Lipinski definition) is 5. The molecule has 0 saturated carbocycles. The largest absolute Gasteiger partial charge is 0.392 e. The van der Waals surface area contributed by atoms with Crippen LogP contribution in [0.2, 0.25) is 0 Å². The molecule has 2 N–H and O–H groups in total. The Balaban J connectivity index is 2.04. The van der Waals surface area contributed by atoms with E-state index < -0.39 is 0 Å². The van der Waals surface area contributed by atoms with Gasteiger partial charge >= 0.3 is 0 Å². The lowest BCUT2D eigenvalue weighted by Gasteiger charge is -2.03. The Morgan fingerprint density at radius 3 is 3.17 bits per heavy atom. The van der Waals surface area contributed by atoms with Crippen molar-refractivity contribution in [1.82, 2.24) is 15.5 Å². The molecule has 0 aliphatic heterocycles. The molecule has 0 radical (unpaired) electrons. The molecule has 0 fully saturated rings. The maximum Gasteiger partial charge on any atom is 0.227 e. The molecule has 0 aliphatic rings. The van der Waals surface area contributed by atoms with Crippen molar-refractivity contribution in [2.24, 2.45) is 0 Å². The zero-order chi connectivity index (χ0) is 8.81. The summed E-state index contributed by atoms with van der Waals surface area (Å²) >= 11 is 0. The first-order valence-electron chi connectivity index (χ1n) is 3.93. The van der Waals surface area contributed by atoms with Crippen LogP contribution < -0.4 is 5.32 Å². The topological polar surface area (TPSA) is 71.2 Å². The molecule has 12 heavy (non-hydrogen) atoms. The van der Waals surface area contributed by atoms with Crippen molar-refractivity contribution in [2.45, 2.75) is 19.4 Å². The molecule has 1 aromatic heterocycles. The third-order valence-corrected chi connectivity index (χ3v) is 1.36. The molecule has 0 saturated heterocycles. The second-order valence-electron chi connectivity index (χ2n) is 2.64. The SMILES string of the molecule is C[C@@H](O)CNCCc1ncno1. The van der Waals surface area contributed by atoms with Crippen molar-refractivity contribution in [2.75, 3.05) is 13.1 Å². The molecule has 5 heteroatoms. The molecule has 1 heterocycles. The minimum Gasteiger partial charge on any atom is -0.392 e. The molecule has 1 rings (SSSR count). The summed E-state index contributed by atoms with van der Waals surface area (Å²) in [4.78, 5) is 3.85. The summed E-state index contributed by atoms with van der Waals surface area (Å²) in [5.41, 5.74) is 0. The number of aliphatic hydroxyl groups excluding tert-OH is 1. The first-order chi connectivity index (χ1) is 5.79. The van der Waals surface area contributed by atoms with E-state index in [-0.39, 0.29) is 6.10 Å². The fourth-order valence-electron chi connectivity index (χ4n) is 0.812. The van der Waals surface area contributed by atoms with Crippen molar-refractivity contribution in [1.29, 1.82) is 0 Å². The van der Waals surface area contributed by atoms with Crippen LogP contribution in [0.15, 0.2) is 10.9 Å². The van der Waals surface area contributed by atoms with E-state index in [1.165, 1.54) is 6.33 Å². The Hall–Kier alpha value is -0.940. The Labute approximate surface area is 70.8 Å². The third-order valence-electron chi connectivity index (χ3n) is 1.36. The van der Waals surface area contributed by atoms with E-state index in [9.17, 15) is 0 Å². The van der Waals surface area contributed by atoms with Gasteiger partial charge in [-0.1, -0.05) is 5.16 Å². The monoisotopic (exact) mass is 171 g/mol. The molecule has 0 bridgehead atoms. The normalized spacial score (nSPS) is 13.2. The molecule has 0 spiro atoms. The molecular formula is C7H13N3O2. The van der Waals surface area contributed by atoms with Crippen LogP contribution in [0.25, 0.3) is 0 Å². The van der Waals surface area contributed by atoms with Crippen molar-refractivity contribution in [3.63, 3.8) is 0 Å². The van der Waals surface area contributed by atoms with Gasteiger partial charge in [-0.15, -0.1) is 0 Å². The number of rotatable bonds is 5. The quantitative estimate of drug-likeness (QED) is 0.589. The van der Waals surface area contributed by atoms with E-state index >= 15 is 0 Å². The average molecular weight is 171 g/mol. The van der Waals surface area contributed by atoms with Gasteiger partial charge in [0.15, 0.2) is 6.33 Å². The number of nitrogens with one attached hydrogen (secondary N) is 1. The maximum absolute atomic E-state index is 8.90. The van der Waals surface area contributed by atoms with Gasteiger partial charge in [0.1, 0.15) is 0 Å². The standard InChI is InChI=1S/C7H13N3O2/c1-6(11)4-8-3-2-7-9-5-10-12-7/h5-6,8,11H,2-4H2,1H3/t6-/m1/s1. The molecular weight excluding hydrogens is 158 g/mol. The molecule has 68 valence electrons. The summed E-state index contributed by atoms with van der Waals surface area (Å²) in [6.07, 6.45) is 1.77. The van der Waals surface area contributed by atoms with Crippen LogP contribution in [-0.2, 0) is 6.42 Å². The fraction of sp³-hybridized carbons (Fsp3) is 0.714. The van der Waals surface area contributed by atoms with Crippen LogP contribution in [0.5, 0.6) is 0 Å². The molecule has 0 aromatic carbocycles. The fourth-order valence-corrected chi connectivity index (χ4v) is 0.812. The van der Waals surface area contributed by atoms with Gasteiger partial charge in [-0.05, 0) is 6.92 Å². The summed E-state index contributed by atoms with van der Waals surface area (Å²) < 4.78 is 4.78. The van der Waals surface area contributed by atoms with Gasteiger partial charge in [0.25, 0.3) is 0 Å². The Kier molecular flexibility index (Phi) is 3.69. The summed E-state index contributed by atoms with van der Waals surface area (Å²) in [5, 5.41) is 15.4. The van der Waals surface area contributed by atoms with Crippen LogP contribution in [0.4, 0.5) is 0 Å². The first-order valence-corrected chi connectivity index (χ1v) is 3.93. The van der Waals surface area contributed by atoms with E-state index in [1.54, 1.807) is 6.92 Å². The summed E-state index contributed by atoms with van der Waals surface area (Å²) in [6, 6.07) is 0. The van der Waals surface area contributed by atoms with Crippen LogP contribution >= 0.6 is 0 Å². The van der Waals surface area contributed by atoms with E-state index in [1.807, 2.05) is 0 Å². The number of aliphatic hydroxyl groups is 1. The molecule has 1 aromatic rings. The zero-order valence-corrected chi connectivity index (χ0v) is 7.03. The number of nitrogens with zero attached hydrogens (tertiary/aromatic N) is 2. The highest BCUT2D eigenvalue weighted by molar-refractivity contribution is 4.75. The molecule has 0 unspecified atom stereocenters. The predicted molar refractivity (Wildman–Crippen MR) is 42.6 cm³/mol.